The summed E-state index contributed by atoms with van der Waals surface area (Å²) in [5.41, 5.74) is 3.45. The normalized spacial score (nSPS) is 11.0. The molecule has 0 amide bonds. The van der Waals surface area contributed by atoms with Crippen molar-refractivity contribution in [1.29, 1.82) is 0 Å². The fourth-order valence-corrected chi connectivity index (χ4v) is 3.11. The Hall–Kier alpha value is -2.49. The molecule has 3 aromatic carbocycles. The minimum atomic E-state index is 0.331. The van der Waals surface area contributed by atoms with Crippen molar-refractivity contribution < 1.29 is 4.84 Å². The molecule has 5 heteroatoms. The van der Waals surface area contributed by atoms with E-state index in [-0.39, 0.29) is 0 Å². The monoisotopic (exact) mass is 368 g/mol. The van der Waals surface area contributed by atoms with Gasteiger partial charge in [-0.15, -0.1) is 0 Å². The fourth-order valence-electron chi connectivity index (χ4n) is 2.70. The lowest BCUT2D eigenvalue weighted by molar-refractivity contribution is 0.110. The summed E-state index contributed by atoms with van der Waals surface area (Å²) in [5.74, 6) is 0.666. The molecule has 0 fully saturated rings. The number of aromatic nitrogens is 2. The predicted octanol–water partition coefficient (Wildman–Crippen LogP) is 5.64. The zero-order chi connectivity index (χ0) is 17.2. The quantitative estimate of drug-likeness (QED) is 0.466. The standard InChI is InChI=1S/C20H14Cl2N2O/c21-16-9-3-1-7-14(16)13-25-24-19-12-6-5-11-18(19)23-20(24)15-8-2-4-10-17(15)22/h1-12H,13H2. The molecule has 124 valence electrons. The maximum absolute atomic E-state index is 6.37. The third-order valence-electron chi connectivity index (χ3n) is 3.94. The molecule has 0 aliphatic heterocycles. The fraction of sp³-hybridized carbons (Fsp3) is 0.0500. The van der Waals surface area contributed by atoms with E-state index in [0.717, 1.165) is 22.2 Å². The van der Waals surface area contributed by atoms with Crippen LogP contribution in [0.2, 0.25) is 10.0 Å². The first kappa shape index (κ1) is 16.0. The van der Waals surface area contributed by atoms with E-state index in [9.17, 15) is 0 Å². The molecule has 0 saturated heterocycles. The SMILES string of the molecule is Clc1ccccc1COn1c(-c2ccccc2Cl)nc2ccccc21. The molecule has 0 radical (unpaired) electrons. The van der Waals surface area contributed by atoms with Crippen LogP contribution in [0.4, 0.5) is 0 Å². The van der Waals surface area contributed by atoms with E-state index < -0.39 is 0 Å². The Bertz CT molecular complexity index is 1040. The van der Waals surface area contributed by atoms with Crippen LogP contribution >= 0.6 is 23.2 Å². The van der Waals surface area contributed by atoms with E-state index >= 15 is 0 Å². The maximum Gasteiger partial charge on any atom is 0.178 e. The van der Waals surface area contributed by atoms with Gasteiger partial charge in [-0.05, 0) is 30.3 Å². The summed E-state index contributed by atoms with van der Waals surface area (Å²) in [6.45, 7) is 0.331. The van der Waals surface area contributed by atoms with E-state index in [2.05, 4.69) is 0 Å². The van der Waals surface area contributed by atoms with Gasteiger partial charge in [0.15, 0.2) is 5.82 Å². The zero-order valence-electron chi connectivity index (χ0n) is 13.2. The van der Waals surface area contributed by atoms with Crippen molar-refractivity contribution >= 4 is 34.2 Å². The summed E-state index contributed by atoms with van der Waals surface area (Å²) in [7, 11) is 0. The van der Waals surface area contributed by atoms with Crippen molar-refractivity contribution in [2.24, 2.45) is 0 Å². The predicted molar refractivity (Wildman–Crippen MR) is 102 cm³/mol. The molecule has 3 nitrogen and oxygen atoms in total. The lowest BCUT2D eigenvalue weighted by Gasteiger charge is -2.12. The number of hydrogen-bond acceptors (Lipinski definition) is 2. The minimum Gasteiger partial charge on any atom is -0.407 e. The first-order chi connectivity index (χ1) is 12.2. The Morgan fingerprint density at radius 1 is 0.800 bits per heavy atom. The average Bonchev–Trinajstić information content (AvgIpc) is 3.00. The van der Waals surface area contributed by atoms with E-state index in [1.807, 2.05) is 72.8 Å². The molecule has 25 heavy (non-hydrogen) atoms. The van der Waals surface area contributed by atoms with Gasteiger partial charge >= 0.3 is 0 Å². The molecule has 4 aromatic rings. The molecule has 1 heterocycles. The molecule has 0 aliphatic carbocycles. The highest BCUT2D eigenvalue weighted by Crippen LogP contribution is 2.29. The van der Waals surface area contributed by atoms with E-state index in [1.54, 1.807) is 4.73 Å². The molecule has 0 spiro atoms. The minimum absolute atomic E-state index is 0.331. The van der Waals surface area contributed by atoms with Crippen LogP contribution in [0.5, 0.6) is 0 Å². The topological polar surface area (TPSA) is 27.1 Å². The third kappa shape index (κ3) is 3.09. The van der Waals surface area contributed by atoms with Crippen molar-refractivity contribution in [3.63, 3.8) is 0 Å². The second kappa shape index (κ2) is 6.79. The second-order valence-corrected chi connectivity index (χ2v) is 6.38. The van der Waals surface area contributed by atoms with E-state index in [4.69, 9.17) is 33.0 Å². The lowest BCUT2D eigenvalue weighted by atomic mass is 10.2. The number of halogens is 2. The van der Waals surface area contributed by atoms with E-state index in [0.29, 0.717) is 22.5 Å². The van der Waals surface area contributed by atoms with Crippen LogP contribution in [-0.4, -0.2) is 9.71 Å². The molecule has 0 aliphatic rings. The maximum atomic E-state index is 6.37. The number of rotatable bonds is 4. The summed E-state index contributed by atoms with van der Waals surface area (Å²) < 4.78 is 1.72. The van der Waals surface area contributed by atoms with Crippen LogP contribution in [0.1, 0.15) is 5.56 Å². The van der Waals surface area contributed by atoms with Crippen LogP contribution in [0.15, 0.2) is 72.8 Å². The summed E-state index contributed by atoms with van der Waals surface area (Å²) in [6, 6.07) is 23.0. The van der Waals surface area contributed by atoms with Crippen LogP contribution in [0.25, 0.3) is 22.4 Å². The Labute approximate surface area is 155 Å². The summed E-state index contributed by atoms with van der Waals surface area (Å²) in [6.07, 6.45) is 0. The number of nitrogens with zero attached hydrogens (tertiary/aromatic N) is 2. The number of imidazole rings is 1. The Kier molecular flexibility index (Phi) is 4.35. The number of benzene rings is 3. The van der Waals surface area contributed by atoms with Gasteiger partial charge in [0.05, 0.1) is 10.5 Å². The van der Waals surface area contributed by atoms with Gasteiger partial charge in [-0.1, -0.05) is 65.7 Å². The van der Waals surface area contributed by atoms with Gasteiger partial charge in [-0.2, -0.15) is 4.73 Å². The van der Waals surface area contributed by atoms with Crippen LogP contribution in [-0.2, 0) is 6.61 Å². The van der Waals surface area contributed by atoms with Crippen molar-refractivity contribution in [3.05, 3.63) is 88.4 Å². The molecule has 0 N–H and O–H groups in total. The molecule has 4 rings (SSSR count). The smallest absolute Gasteiger partial charge is 0.178 e. The highest BCUT2D eigenvalue weighted by molar-refractivity contribution is 6.33. The molecular weight excluding hydrogens is 355 g/mol. The summed E-state index contributed by atoms with van der Waals surface area (Å²) >= 11 is 12.6. The van der Waals surface area contributed by atoms with Crippen LogP contribution in [0, 0.1) is 0 Å². The number of para-hydroxylation sites is 2. The molecule has 0 atom stereocenters. The van der Waals surface area contributed by atoms with Gasteiger partial charge in [0, 0.05) is 16.1 Å². The van der Waals surface area contributed by atoms with Gasteiger partial charge in [0.1, 0.15) is 12.1 Å². The summed E-state index contributed by atoms with van der Waals surface area (Å²) in [4.78, 5) is 10.8. The van der Waals surface area contributed by atoms with Crippen molar-refractivity contribution in [3.8, 4) is 11.4 Å². The largest absolute Gasteiger partial charge is 0.407 e. The van der Waals surface area contributed by atoms with E-state index in [1.165, 1.54) is 0 Å². The van der Waals surface area contributed by atoms with Crippen LogP contribution in [0.3, 0.4) is 0 Å². The average molecular weight is 369 g/mol. The molecule has 0 saturated carbocycles. The first-order valence-corrected chi connectivity index (χ1v) is 8.59. The Morgan fingerprint density at radius 3 is 2.28 bits per heavy atom. The highest BCUT2D eigenvalue weighted by Gasteiger charge is 2.16. The molecule has 1 aromatic heterocycles. The molecular formula is C20H14Cl2N2O. The van der Waals surface area contributed by atoms with Gasteiger partial charge < -0.3 is 4.84 Å². The first-order valence-electron chi connectivity index (χ1n) is 7.83. The van der Waals surface area contributed by atoms with Crippen molar-refractivity contribution in [2.45, 2.75) is 6.61 Å². The van der Waals surface area contributed by atoms with Crippen LogP contribution < -0.4 is 4.84 Å². The number of fused-ring (bicyclic) bond motifs is 1. The van der Waals surface area contributed by atoms with Gasteiger partial charge in [0.25, 0.3) is 0 Å². The summed E-state index contributed by atoms with van der Waals surface area (Å²) in [5, 5.41) is 1.30. The molecule has 0 bridgehead atoms. The second-order valence-electron chi connectivity index (χ2n) is 5.56. The van der Waals surface area contributed by atoms with Gasteiger partial charge in [-0.3, -0.25) is 0 Å². The third-order valence-corrected chi connectivity index (χ3v) is 4.64. The Balaban J connectivity index is 1.80. The number of hydrogen-bond donors (Lipinski definition) is 0. The van der Waals surface area contributed by atoms with Gasteiger partial charge in [0.2, 0.25) is 0 Å². The van der Waals surface area contributed by atoms with Crippen molar-refractivity contribution in [2.75, 3.05) is 0 Å². The van der Waals surface area contributed by atoms with Gasteiger partial charge in [-0.25, -0.2) is 4.98 Å². The highest BCUT2D eigenvalue weighted by atomic mass is 35.5. The zero-order valence-corrected chi connectivity index (χ0v) is 14.7. The lowest BCUT2D eigenvalue weighted by Crippen LogP contribution is -2.13. The Morgan fingerprint density at radius 2 is 1.48 bits per heavy atom. The molecule has 0 unspecified atom stereocenters. The van der Waals surface area contributed by atoms with Crippen molar-refractivity contribution in [1.82, 2.24) is 9.71 Å².